The Hall–Kier alpha value is -2.68. The molecule has 9 heteroatoms. The number of allylic oxidation sites excluding steroid dienone is 1. The molecular weight excluding hydrogens is 544 g/mol. The van der Waals surface area contributed by atoms with Crippen LogP contribution in [-0.2, 0) is 9.59 Å². The van der Waals surface area contributed by atoms with Gasteiger partial charge in [-0.15, -0.1) is 0 Å². The van der Waals surface area contributed by atoms with Crippen LogP contribution in [0.1, 0.15) is 78.6 Å². The Morgan fingerprint density at radius 2 is 1.79 bits per heavy atom. The molecular formula is C34H50N4O5. The van der Waals surface area contributed by atoms with Crippen molar-refractivity contribution < 1.29 is 24.2 Å². The summed E-state index contributed by atoms with van der Waals surface area (Å²) in [5.41, 5.74) is 1.88. The lowest BCUT2D eigenvalue weighted by Crippen LogP contribution is -2.51. The van der Waals surface area contributed by atoms with E-state index in [1.165, 1.54) is 31.2 Å². The molecule has 9 nitrogen and oxygen atoms in total. The number of anilines is 1. The Balaban J connectivity index is 1.07. The third-order valence-corrected chi connectivity index (χ3v) is 12.7. The molecule has 1 aliphatic heterocycles. The first-order chi connectivity index (χ1) is 20.6. The molecule has 1 saturated heterocycles. The first-order valence-electron chi connectivity index (χ1n) is 16.5. The molecule has 0 bridgehead atoms. The van der Waals surface area contributed by atoms with Gasteiger partial charge in [0.1, 0.15) is 12.1 Å². The molecule has 4 fully saturated rings. The summed E-state index contributed by atoms with van der Waals surface area (Å²) in [6, 6.07) is 0. The first kappa shape index (κ1) is 30.4. The second-order valence-corrected chi connectivity index (χ2v) is 14.4. The Morgan fingerprint density at radius 1 is 1.02 bits per heavy atom. The average molecular weight is 595 g/mol. The van der Waals surface area contributed by atoms with E-state index in [0.29, 0.717) is 67.3 Å². The van der Waals surface area contributed by atoms with Crippen LogP contribution in [0.3, 0.4) is 0 Å². The highest BCUT2D eigenvalue weighted by atomic mass is 16.5. The van der Waals surface area contributed by atoms with Crippen molar-refractivity contribution in [2.24, 2.45) is 40.4 Å². The minimum atomic E-state index is -0.176. The van der Waals surface area contributed by atoms with Crippen molar-refractivity contribution >= 4 is 17.5 Å². The fourth-order valence-corrected chi connectivity index (χ4v) is 10.2. The van der Waals surface area contributed by atoms with Gasteiger partial charge >= 0.3 is 0 Å². The lowest BCUT2D eigenvalue weighted by Gasteiger charge is -2.58. The molecule has 0 unspecified atom stereocenters. The van der Waals surface area contributed by atoms with Crippen molar-refractivity contribution in [2.45, 2.75) is 84.7 Å². The molecule has 1 aromatic heterocycles. The zero-order valence-corrected chi connectivity index (χ0v) is 26.7. The van der Waals surface area contributed by atoms with Gasteiger partial charge in [0.2, 0.25) is 11.7 Å². The molecule has 6 rings (SSSR count). The van der Waals surface area contributed by atoms with E-state index in [1.807, 2.05) is 4.90 Å². The van der Waals surface area contributed by atoms with Gasteiger partial charge in [0.25, 0.3) is 5.88 Å². The minimum absolute atomic E-state index is 0.0123. The van der Waals surface area contributed by atoms with Gasteiger partial charge in [0.15, 0.2) is 5.82 Å². The Bertz CT molecular complexity index is 1260. The summed E-state index contributed by atoms with van der Waals surface area (Å²) in [6.07, 6.45) is 12.4. The number of piperazine rings is 1. The number of nitrogens with zero attached hydrogens (tertiary/aromatic N) is 4. The van der Waals surface area contributed by atoms with E-state index in [-0.39, 0.29) is 41.0 Å². The van der Waals surface area contributed by atoms with Crippen LogP contribution < -0.4 is 14.4 Å². The summed E-state index contributed by atoms with van der Waals surface area (Å²) in [5, 5.41) is 10.3. The molecule has 43 heavy (non-hydrogen) atoms. The third-order valence-electron chi connectivity index (χ3n) is 12.7. The van der Waals surface area contributed by atoms with Crippen molar-refractivity contribution in [3.63, 3.8) is 0 Å². The second kappa shape index (κ2) is 11.7. The molecule has 236 valence electrons. The van der Waals surface area contributed by atoms with E-state index in [4.69, 9.17) is 9.47 Å². The van der Waals surface area contributed by atoms with Crippen molar-refractivity contribution in [3.8, 4) is 11.6 Å². The topological polar surface area (TPSA) is 105 Å². The fourth-order valence-electron chi connectivity index (χ4n) is 10.2. The van der Waals surface area contributed by atoms with Crippen LogP contribution in [0.4, 0.5) is 5.82 Å². The summed E-state index contributed by atoms with van der Waals surface area (Å²) in [4.78, 5) is 39.4. The molecule has 0 aromatic carbocycles. The number of hydrogen-bond donors (Lipinski definition) is 1. The zero-order chi connectivity index (χ0) is 30.5. The van der Waals surface area contributed by atoms with E-state index >= 15 is 0 Å². The Morgan fingerprint density at radius 3 is 2.51 bits per heavy atom. The molecule has 1 N–H and O–H groups in total. The molecule has 5 aliphatic rings. The highest BCUT2D eigenvalue weighted by molar-refractivity contribution is 5.99. The van der Waals surface area contributed by atoms with Crippen LogP contribution in [0.5, 0.6) is 11.6 Å². The van der Waals surface area contributed by atoms with E-state index in [2.05, 4.69) is 41.7 Å². The number of carbonyl (C=O) groups is 2. The first-order valence-corrected chi connectivity index (χ1v) is 16.5. The van der Waals surface area contributed by atoms with Crippen LogP contribution in [0.2, 0.25) is 0 Å². The van der Waals surface area contributed by atoms with Gasteiger partial charge in [0.05, 0.1) is 26.7 Å². The summed E-state index contributed by atoms with van der Waals surface area (Å²) in [5.74, 6) is 3.78. The largest absolute Gasteiger partial charge is 0.489 e. The smallest absolute Gasteiger partial charge is 0.262 e. The van der Waals surface area contributed by atoms with Gasteiger partial charge in [-0.25, -0.2) is 4.98 Å². The Kier molecular flexibility index (Phi) is 8.24. The number of methoxy groups -OCH3 is 2. The lowest BCUT2D eigenvalue weighted by atomic mass is 9.47. The molecule has 1 amide bonds. The van der Waals surface area contributed by atoms with Crippen LogP contribution in [0.25, 0.3) is 0 Å². The predicted molar refractivity (Wildman–Crippen MR) is 164 cm³/mol. The molecule has 1 aromatic rings. The molecule has 8 atom stereocenters. The summed E-state index contributed by atoms with van der Waals surface area (Å²) in [7, 11) is 3.12. The monoisotopic (exact) mass is 594 g/mol. The maximum absolute atomic E-state index is 13.7. The molecule has 3 saturated carbocycles. The van der Waals surface area contributed by atoms with Crippen molar-refractivity contribution in [1.82, 2.24) is 14.9 Å². The second-order valence-electron chi connectivity index (χ2n) is 14.4. The number of hydrogen-bond acceptors (Lipinski definition) is 8. The molecule has 0 radical (unpaired) electrons. The van der Waals surface area contributed by atoms with Gasteiger partial charge in [0, 0.05) is 32.1 Å². The van der Waals surface area contributed by atoms with Crippen molar-refractivity contribution in [1.29, 1.82) is 0 Å². The fraction of sp³-hybridized carbons (Fsp3) is 0.765. The number of aromatic nitrogens is 2. The Labute approximate surface area is 256 Å². The number of carbonyl (C=O) groups excluding carboxylic acids is 2. The standard InChI is InChI=1S/C34H50N4O5/c1-21(28(40)19-29(41)37-14-16-38(17-15-37)31-30(42-4)32(43-5)36-20-35-31)25-8-9-26-24-7-6-22-18-23(39)10-12-33(22,2)27(24)11-13-34(25,26)3/h6,20-21,23-27,39H,7-19H2,1-5H3/t21-,23+,24+,25-,26+,27+,33+,34+/m1/s1. The van der Waals surface area contributed by atoms with Gasteiger partial charge in [-0.2, -0.15) is 4.98 Å². The summed E-state index contributed by atoms with van der Waals surface area (Å²) >= 11 is 0. The molecule has 4 aliphatic carbocycles. The van der Waals surface area contributed by atoms with Crippen LogP contribution in [-0.4, -0.2) is 78.2 Å². The van der Waals surface area contributed by atoms with E-state index in [9.17, 15) is 14.7 Å². The minimum Gasteiger partial charge on any atom is -0.489 e. The third kappa shape index (κ3) is 5.13. The highest BCUT2D eigenvalue weighted by Crippen LogP contribution is 2.67. The quantitative estimate of drug-likeness (QED) is 0.359. The SMILES string of the molecule is COc1ncnc(N2CCN(C(=O)CC(=O)[C@H](C)[C@H]3CC[C@H]4[C@@H]5CC=C6C[C@@H](O)CC[C@]6(C)[C@H]5CC[C@@]34C)CC2)c1OC. The van der Waals surface area contributed by atoms with E-state index < -0.39 is 0 Å². The van der Waals surface area contributed by atoms with E-state index in [0.717, 1.165) is 32.1 Å². The van der Waals surface area contributed by atoms with Crippen molar-refractivity contribution in [2.75, 3.05) is 45.3 Å². The van der Waals surface area contributed by atoms with Crippen LogP contribution in [0.15, 0.2) is 18.0 Å². The number of ether oxygens (including phenoxy) is 2. The molecule has 0 spiro atoms. The van der Waals surface area contributed by atoms with Gasteiger partial charge in [-0.1, -0.05) is 32.4 Å². The lowest BCUT2D eigenvalue weighted by molar-refractivity contribution is -0.138. The number of ketones is 1. The summed E-state index contributed by atoms with van der Waals surface area (Å²) < 4.78 is 10.8. The number of aliphatic hydroxyl groups is 1. The normalized spacial score (nSPS) is 36.1. The number of fused-ring (bicyclic) bond motifs is 5. The predicted octanol–water partition coefficient (Wildman–Crippen LogP) is 4.68. The van der Waals surface area contributed by atoms with Gasteiger partial charge in [-0.3, -0.25) is 9.59 Å². The van der Waals surface area contributed by atoms with Gasteiger partial charge in [-0.05, 0) is 85.9 Å². The maximum Gasteiger partial charge on any atom is 0.262 e. The zero-order valence-electron chi connectivity index (χ0n) is 26.7. The number of rotatable bonds is 7. The summed E-state index contributed by atoms with van der Waals surface area (Å²) in [6.45, 7) is 9.29. The number of amides is 1. The number of Topliss-reactive ketones (excluding diaryl/α,β-unsaturated/α-hetero) is 1. The van der Waals surface area contributed by atoms with Crippen molar-refractivity contribution in [3.05, 3.63) is 18.0 Å². The number of aliphatic hydroxyl groups excluding tert-OH is 1. The molecule has 2 heterocycles. The highest BCUT2D eigenvalue weighted by Gasteiger charge is 2.59. The van der Waals surface area contributed by atoms with Gasteiger partial charge < -0.3 is 24.4 Å². The average Bonchev–Trinajstić information content (AvgIpc) is 3.37. The van der Waals surface area contributed by atoms with Crippen LogP contribution in [0, 0.1) is 40.4 Å². The maximum atomic E-state index is 13.7. The van der Waals surface area contributed by atoms with E-state index in [1.54, 1.807) is 14.2 Å². The van der Waals surface area contributed by atoms with Crippen LogP contribution >= 0.6 is 0 Å².